The highest BCUT2D eigenvalue weighted by Gasteiger charge is 2.47. The van der Waals surface area contributed by atoms with Crippen LogP contribution in [0.4, 0.5) is 0 Å². The molecule has 7 N–H and O–H groups in total. The summed E-state index contributed by atoms with van der Waals surface area (Å²) in [6.07, 6.45) is 59.4. The maximum absolute atomic E-state index is 13.1. The van der Waals surface area contributed by atoms with Crippen LogP contribution in [-0.4, -0.2) is 142 Å². The number of ether oxygens (including phenoxy) is 6. The van der Waals surface area contributed by atoms with Crippen LogP contribution >= 0.6 is 0 Å². The van der Waals surface area contributed by atoms with Gasteiger partial charge in [-0.15, -0.1) is 0 Å². The maximum atomic E-state index is 13.1. The Hall–Kier alpha value is -2.83. The van der Waals surface area contributed by atoms with Crippen LogP contribution in [0, 0.1) is 0 Å². The van der Waals surface area contributed by atoms with E-state index in [0.717, 1.165) is 96.3 Å². The Morgan fingerprint density at radius 3 is 1.21 bits per heavy atom. The van der Waals surface area contributed by atoms with Crippen LogP contribution in [0.25, 0.3) is 0 Å². The van der Waals surface area contributed by atoms with Crippen molar-refractivity contribution < 1.29 is 69.0 Å². The lowest BCUT2D eigenvalue weighted by Gasteiger charge is -2.42. The third kappa shape index (κ3) is 41.9. The number of carbonyl (C=O) groups is 1. The zero-order valence-corrected chi connectivity index (χ0v) is 53.3. The molecule has 492 valence electrons. The quantitative estimate of drug-likeness (QED) is 0.0171. The molecule has 0 aromatic carbocycles. The normalized spacial score (nSPS) is 23.7. The number of hydrogen-bond acceptors (Lipinski definition) is 14. The summed E-state index contributed by atoms with van der Waals surface area (Å²) < 4.78 is 34.5. The average molecular weight is 1200 g/mol. The van der Waals surface area contributed by atoms with Crippen LogP contribution < -0.4 is 0 Å². The molecule has 85 heavy (non-hydrogen) atoms. The first kappa shape index (κ1) is 78.3. The minimum absolute atomic E-state index is 0.0525. The number of allylic oxidation sites excluding steroid dienone is 14. The van der Waals surface area contributed by atoms with E-state index in [2.05, 4.69) is 98.9 Å². The Bertz CT molecular complexity index is 1730. The molecule has 14 heteroatoms. The van der Waals surface area contributed by atoms with Gasteiger partial charge in [0.15, 0.2) is 12.6 Å². The Balaban J connectivity index is 1.66. The van der Waals surface area contributed by atoms with E-state index in [1.54, 1.807) is 0 Å². The Kier molecular flexibility index (Phi) is 51.9. The van der Waals surface area contributed by atoms with E-state index < -0.39 is 80.7 Å². The number of aliphatic hydroxyl groups is 7. The first-order valence-corrected chi connectivity index (χ1v) is 34.2. The smallest absolute Gasteiger partial charge is 0.306 e. The minimum Gasteiger partial charge on any atom is -0.457 e. The second kappa shape index (κ2) is 56.4. The lowest BCUT2D eigenvalue weighted by atomic mass is 9.98. The van der Waals surface area contributed by atoms with Crippen LogP contribution in [0.3, 0.4) is 0 Å². The molecule has 11 atom stereocenters. The second-order valence-electron chi connectivity index (χ2n) is 23.6. The molecule has 2 rings (SSSR count). The van der Waals surface area contributed by atoms with Gasteiger partial charge in [0.1, 0.15) is 54.9 Å². The predicted octanol–water partition coefficient (Wildman–Crippen LogP) is 14.3. The van der Waals surface area contributed by atoms with E-state index >= 15 is 0 Å². The van der Waals surface area contributed by atoms with Crippen molar-refractivity contribution in [2.75, 3.05) is 33.0 Å². The predicted molar refractivity (Wildman–Crippen MR) is 344 cm³/mol. The summed E-state index contributed by atoms with van der Waals surface area (Å²) in [5.41, 5.74) is 0. The van der Waals surface area contributed by atoms with Gasteiger partial charge in [0, 0.05) is 13.0 Å². The van der Waals surface area contributed by atoms with Crippen molar-refractivity contribution in [1.82, 2.24) is 0 Å². The molecule has 0 aromatic rings. The highest BCUT2D eigenvalue weighted by atomic mass is 16.7. The summed E-state index contributed by atoms with van der Waals surface area (Å²) in [6.45, 7) is 3.58. The van der Waals surface area contributed by atoms with Crippen LogP contribution in [-0.2, 0) is 33.2 Å². The summed E-state index contributed by atoms with van der Waals surface area (Å²) in [5, 5.41) is 72.6. The van der Waals surface area contributed by atoms with Gasteiger partial charge in [-0.25, -0.2) is 0 Å². The molecule has 0 aromatic heterocycles. The number of rotatable bonds is 56. The van der Waals surface area contributed by atoms with Crippen molar-refractivity contribution in [3.05, 3.63) is 85.1 Å². The van der Waals surface area contributed by atoms with Crippen molar-refractivity contribution in [2.45, 2.75) is 325 Å². The van der Waals surface area contributed by atoms with Gasteiger partial charge in [-0.05, 0) is 89.9 Å². The first-order chi connectivity index (χ1) is 41.6. The Labute approximate surface area is 516 Å². The number of carbonyl (C=O) groups excluding carboxylic acids is 1. The van der Waals surface area contributed by atoms with Gasteiger partial charge in [0.05, 0.1) is 26.4 Å². The molecule has 0 aliphatic carbocycles. The number of hydrogen-bond donors (Lipinski definition) is 7. The van der Waals surface area contributed by atoms with Gasteiger partial charge >= 0.3 is 5.97 Å². The fourth-order valence-corrected chi connectivity index (χ4v) is 10.5. The topological polar surface area (TPSA) is 214 Å². The molecule has 2 saturated heterocycles. The molecule has 0 saturated carbocycles. The summed E-state index contributed by atoms with van der Waals surface area (Å²) in [5.74, 6) is -0.390. The molecule has 2 heterocycles. The van der Waals surface area contributed by atoms with Crippen molar-refractivity contribution in [2.24, 2.45) is 0 Å². The van der Waals surface area contributed by atoms with Crippen LogP contribution in [0.1, 0.15) is 258 Å². The number of esters is 1. The molecule has 11 unspecified atom stereocenters. The SMILES string of the molecule is CC/C=C\C/C=C\C/C=C\C/C=C\C/C=C\C/C=C\CCCCCCCCC(=O)OC(COCCCCCCCCCCCCCCCC/C=C\CCCCCCCCCC)COC1OC(COC2OC(CO)C(O)C(O)C2O)C(O)C(O)C1O. The van der Waals surface area contributed by atoms with Gasteiger partial charge in [-0.1, -0.05) is 247 Å². The monoisotopic (exact) mass is 1200 g/mol. The maximum Gasteiger partial charge on any atom is 0.306 e. The third-order valence-corrected chi connectivity index (χ3v) is 15.9. The fourth-order valence-electron chi connectivity index (χ4n) is 10.5. The van der Waals surface area contributed by atoms with Crippen LogP contribution in [0.2, 0.25) is 0 Å². The summed E-state index contributed by atoms with van der Waals surface area (Å²) in [4.78, 5) is 13.1. The number of unbranched alkanes of at least 4 members (excludes halogenated alkanes) is 28. The van der Waals surface area contributed by atoms with E-state index in [1.807, 2.05) is 0 Å². The molecule has 0 radical (unpaired) electrons. The lowest BCUT2D eigenvalue weighted by Crippen LogP contribution is -2.61. The Morgan fingerprint density at radius 1 is 0.400 bits per heavy atom. The van der Waals surface area contributed by atoms with E-state index in [-0.39, 0.29) is 25.6 Å². The summed E-state index contributed by atoms with van der Waals surface area (Å²) >= 11 is 0. The molecular weight excluding hydrogens is 1080 g/mol. The van der Waals surface area contributed by atoms with Gasteiger partial charge in [0.25, 0.3) is 0 Å². The van der Waals surface area contributed by atoms with Gasteiger partial charge in [-0.3, -0.25) is 4.79 Å². The van der Waals surface area contributed by atoms with E-state index in [0.29, 0.717) is 13.0 Å². The van der Waals surface area contributed by atoms with Gasteiger partial charge in [-0.2, -0.15) is 0 Å². The van der Waals surface area contributed by atoms with Crippen LogP contribution in [0.5, 0.6) is 0 Å². The van der Waals surface area contributed by atoms with Crippen molar-refractivity contribution >= 4 is 5.97 Å². The summed E-state index contributed by atoms with van der Waals surface area (Å²) in [6, 6.07) is 0. The third-order valence-electron chi connectivity index (χ3n) is 15.9. The van der Waals surface area contributed by atoms with Crippen molar-refractivity contribution in [3.8, 4) is 0 Å². The highest BCUT2D eigenvalue weighted by Crippen LogP contribution is 2.27. The van der Waals surface area contributed by atoms with E-state index in [1.165, 1.54) is 135 Å². The van der Waals surface area contributed by atoms with Crippen molar-refractivity contribution in [3.63, 3.8) is 0 Å². The Morgan fingerprint density at radius 2 is 0.765 bits per heavy atom. The van der Waals surface area contributed by atoms with E-state index in [4.69, 9.17) is 28.4 Å². The molecule has 2 aliphatic rings. The van der Waals surface area contributed by atoms with Crippen LogP contribution in [0.15, 0.2) is 85.1 Å². The first-order valence-electron chi connectivity index (χ1n) is 34.2. The molecular formula is C71H124O14. The molecule has 2 aliphatic heterocycles. The fraction of sp³-hybridized carbons (Fsp3) is 0.789. The highest BCUT2D eigenvalue weighted by molar-refractivity contribution is 5.69. The molecule has 0 amide bonds. The standard InChI is InChI=1S/C71H124O14/c1-3-5-7-9-11-13-15-17-19-21-23-25-27-29-31-33-35-37-39-41-43-45-47-49-51-53-55-80-57-60(58-81-70-69(79)67(77)65(75)62(85-70)59-82-71-68(78)66(76)64(74)61(56-72)84-71)83-63(73)54-52-50-48-46-44-42-40-38-36-34-32-30-28-26-24-22-20-18-16-14-12-10-8-6-4-2/h6,8,12,14,18,20-21,23-24,26,30,32,36,38,60-62,64-72,74-79H,3-5,7,9-11,13,15-17,19,22,25,27-29,31,33-35,37,39-59H2,1-2H3/b8-6-,14-12-,20-18-,23-21-,26-24-,32-30-,38-36-. The zero-order chi connectivity index (χ0) is 61.5. The zero-order valence-electron chi connectivity index (χ0n) is 53.3. The molecule has 0 spiro atoms. The van der Waals surface area contributed by atoms with Gasteiger partial charge in [0.2, 0.25) is 0 Å². The average Bonchev–Trinajstić information content (AvgIpc) is 3.68. The minimum atomic E-state index is -1.71. The number of aliphatic hydroxyl groups excluding tert-OH is 7. The second-order valence-corrected chi connectivity index (χ2v) is 23.6. The lowest BCUT2D eigenvalue weighted by molar-refractivity contribution is -0.332. The van der Waals surface area contributed by atoms with Gasteiger partial charge < -0.3 is 64.2 Å². The van der Waals surface area contributed by atoms with E-state index in [9.17, 15) is 40.5 Å². The molecule has 2 fully saturated rings. The summed E-state index contributed by atoms with van der Waals surface area (Å²) in [7, 11) is 0. The molecule has 0 bridgehead atoms. The van der Waals surface area contributed by atoms with Crippen molar-refractivity contribution in [1.29, 1.82) is 0 Å². The molecule has 14 nitrogen and oxygen atoms in total. The largest absolute Gasteiger partial charge is 0.457 e.